The highest BCUT2D eigenvalue weighted by atomic mass is 16.3. The minimum Gasteiger partial charge on any atom is -0.477 e. The van der Waals surface area contributed by atoms with Crippen LogP contribution >= 0.6 is 0 Å². The number of fused-ring (bicyclic) bond motifs is 1. The monoisotopic (exact) mass is 416 g/mol. The zero-order chi connectivity index (χ0) is 22.2. The first kappa shape index (κ1) is 21.6. The van der Waals surface area contributed by atoms with E-state index in [1.165, 1.54) is 4.52 Å². The van der Waals surface area contributed by atoms with Crippen LogP contribution in [0.15, 0.2) is 16.6 Å². The van der Waals surface area contributed by atoms with Crippen LogP contribution in [0.25, 0.3) is 11.7 Å². The second-order valence-electron chi connectivity index (χ2n) is 8.60. The van der Waals surface area contributed by atoms with E-state index in [1.54, 1.807) is 23.8 Å². The summed E-state index contributed by atoms with van der Waals surface area (Å²) in [5.41, 5.74) is 0.500. The number of rotatable bonds is 7. The first-order valence-electron chi connectivity index (χ1n) is 10.3. The number of carbonyl (C=O) groups excluding carboxylic acids is 2. The van der Waals surface area contributed by atoms with Gasteiger partial charge in [0.15, 0.2) is 0 Å². The van der Waals surface area contributed by atoms with E-state index < -0.39 is 11.5 Å². The summed E-state index contributed by atoms with van der Waals surface area (Å²) in [6.07, 6.45) is 4.99. The highest BCUT2D eigenvalue weighted by Crippen LogP contribution is 2.21. The molecular formula is C21H30N5O4+. The number of aromatic nitrogens is 3. The average molecular weight is 417 g/mol. The first-order valence-corrected chi connectivity index (χ1v) is 10.3. The zero-order valence-electron chi connectivity index (χ0n) is 18.1. The van der Waals surface area contributed by atoms with Crippen LogP contribution in [0.5, 0.6) is 5.88 Å². The van der Waals surface area contributed by atoms with Crippen LogP contribution in [0.1, 0.15) is 63.4 Å². The van der Waals surface area contributed by atoms with E-state index in [0.717, 1.165) is 12.8 Å². The highest BCUT2D eigenvalue weighted by molar-refractivity contribution is 5.98. The summed E-state index contributed by atoms with van der Waals surface area (Å²) in [4.78, 5) is 37.9. The fourth-order valence-corrected chi connectivity index (χ4v) is 3.27. The fraction of sp³-hybridized carbons (Fsp3) is 0.524. The van der Waals surface area contributed by atoms with Crippen molar-refractivity contribution in [3.05, 3.63) is 33.3 Å². The van der Waals surface area contributed by atoms with Gasteiger partial charge in [0.25, 0.3) is 5.91 Å². The second kappa shape index (κ2) is 8.33. The van der Waals surface area contributed by atoms with Gasteiger partial charge < -0.3 is 15.7 Å². The third kappa shape index (κ3) is 4.39. The molecule has 0 aliphatic heterocycles. The van der Waals surface area contributed by atoms with Crippen molar-refractivity contribution in [2.24, 2.45) is 5.92 Å². The van der Waals surface area contributed by atoms with Crippen molar-refractivity contribution in [1.82, 2.24) is 20.2 Å². The van der Waals surface area contributed by atoms with Crippen molar-refractivity contribution in [3.63, 3.8) is 0 Å². The number of hydrogen-bond donors (Lipinski definition) is 4. The predicted octanol–water partition coefficient (Wildman–Crippen LogP) is 1.10. The lowest BCUT2D eigenvalue weighted by molar-refractivity contribution is -0.686. The molecule has 0 unspecified atom stereocenters. The SMILES string of the molecule is C/C(=C\c1c[nH]n2c(=O)c(C(=O)NC3CC3)c(O)[n+](CC(C)C)c12)C(=O)NC(C)C. The number of carbonyl (C=O) groups is 2. The third-order valence-electron chi connectivity index (χ3n) is 4.81. The molecule has 9 heteroatoms. The Morgan fingerprint density at radius 2 is 2.00 bits per heavy atom. The topological polar surface area (TPSA) is 120 Å². The summed E-state index contributed by atoms with van der Waals surface area (Å²) in [6.45, 7) is 9.76. The Labute approximate surface area is 174 Å². The van der Waals surface area contributed by atoms with E-state index in [2.05, 4.69) is 15.7 Å². The number of H-pyrrole nitrogens is 1. The zero-order valence-corrected chi connectivity index (χ0v) is 18.1. The van der Waals surface area contributed by atoms with Gasteiger partial charge in [0, 0.05) is 17.7 Å². The van der Waals surface area contributed by atoms with Gasteiger partial charge in [-0.3, -0.25) is 9.59 Å². The van der Waals surface area contributed by atoms with Crippen molar-refractivity contribution in [1.29, 1.82) is 0 Å². The molecule has 1 aliphatic carbocycles. The number of aromatic amines is 1. The van der Waals surface area contributed by atoms with Crippen LogP contribution in [0.2, 0.25) is 0 Å². The van der Waals surface area contributed by atoms with Gasteiger partial charge >= 0.3 is 17.1 Å². The number of nitrogens with one attached hydrogen (secondary N) is 3. The van der Waals surface area contributed by atoms with Crippen molar-refractivity contribution >= 4 is 23.5 Å². The van der Waals surface area contributed by atoms with E-state index in [-0.39, 0.29) is 35.4 Å². The van der Waals surface area contributed by atoms with E-state index in [1.807, 2.05) is 27.7 Å². The molecule has 0 aromatic carbocycles. The average Bonchev–Trinajstić information content (AvgIpc) is 3.35. The molecule has 2 aromatic heterocycles. The molecule has 3 rings (SSSR count). The van der Waals surface area contributed by atoms with Crippen molar-refractivity contribution in [2.45, 2.75) is 66.1 Å². The number of aromatic hydroxyl groups is 1. The van der Waals surface area contributed by atoms with Gasteiger partial charge in [-0.1, -0.05) is 18.4 Å². The minimum atomic E-state index is -0.635. The summed E-state index contributed by atoms with van der Waals surface area (Å²) in [5.74, 6) is -1.03. The lowest BCUT2D eigenvalue weighted by Gasteiger charge is -2.11. The largest absolute Gasteiger partial charge is 0.477 e. The summed E-state index contributed by atoms with van der Waals surface area (Å²) in [5, 5.41) is 19.4. The van der Waals surface area contributed by atoms with Crippen molar-refractivity contribution in [2.75, 3.05) is 0 Å². The summed E-state index contributed by atoms with van der Waals surface area (Å²) in [7, 11) is 0. The minimum absolute atomic E-state index is 0.00565. The van der Waals surface area contributed by atoms with E-state index in [9.17, 15) is 19.5 Å². The quantitative estimate of drug-likeness (QED) is 0.399. The van der Waals surface area contributed by atoms with E-state index >= 15 is 0 Å². The van der Waals surface area contributed by atoms with Gasteiger partial charge in [0.05, 0.1) is 18.3 Å². The Morgan fingerprint density at radius 1 is 1.33 bits per heavy atom. The van der Waals surface area contributed by atoms with Crippen molar-refractivity contribution in [3.8, 4) is 5.88 Å². The molecule has 30 heavy (non-hydrogen) atoms. The van der Waals surface area contributed by atoms with Gasteiger partial charge in [0.1, 0.15) is 0 Å². The van der Waals surface area contributed by atoms with Crippen LogP contribution in [-0.2, 0) is 11.3 Å². The fourth-order valence-electron chi connectivity index (χ4n) is 3.27. The molecule has 2 heterocycles. The lowest BCUT2D eigenvalue weighted by Crippen LogP contribution is -2.46. The molecule has 1 fully saturated rings. The molecule has 0 saturated heterocycles. The van der Waals surface area contributed by atoms with Crippen LogP contribution in [0, 0.1) is 5.92 Å². The molecule has 1 saturated carbocycles. The highest BCUT2D eigenvalue weighted by Gasteiger charge is 2.34. The molecule has 0 atom stereocenters. The summed E-state index contributed by atoms with van der Waals surface area (Å²) < 4.78 is 2.78. The lowest BCUT2D eigenvalue weighted by atomic mass is 10.1. The molecule has 0 bridgehead atoms. The number of amides is 2. The Kier molecular flexibility index (Phi) is 6.00. The molecule has 0 spiro atoms. The molecule has 162 valence electrons. The van der Waals surface area contributed by atoms with E-state index in [4.69, 9.17) is 0 Å². The number of nitrogens with zero attached hydrogens (tertiary/aromatic N) is 2. The Balaban J connectivity index is 2.17. The smallest absolute Gasteiger partial charge is 0.378 e. The van der Waals surface area contributed by atoms with Crippen LogP contribution < -0.4 is 20.8 Å². The van der Waals surface area contributed by atoms with Gasteiger partial charge in [-0.15, -0.1) is 0 Å². The predicted molar refractivity (Wildman–Crippen MR) is 112 cm³/mol. The normalized spacial score (nSPS) is 14.6. The van der Waals surface area contributed by atoms with Crippen molar-refractivity contribution < 1.29 is 19.3 Å². The molecule has 9 nitrogen and oxygen atoms in total. The van der Waals surface area contributed by atoms with E-state index in [0.29, 0.717) is 23.3 Å². The summed E-state index contributed by atoms with van der Waals surface area (Å²) >= 11 is 0. The summed E-state index contributed by atoms with van der Waals surface area (Å²) in [6, 6.07) is 0.0497. The first-order chi connectivity index (χ1) is 14.1. The van der Waals surface area contributed by atoms with Crippen LogP contribution in [0.3, 0.4) is 0 Å². The molecule has 2 aromatic rings. The van der Waals surface area contributed by atoms with Crippen LogP contribution in [0.4, 0.5) is 0 Å². The maximum Gasteiger partial charge on any atom is 0.378 e. The molecule has 4 N–H and O–H groups in total. The Bertz CT molecular complexity index is 1070. The molecule has 2 amide bonds. The van der Waals surface area contributed by atoms with Gasteiger partial charge in [-0.05, 0) is 45.6 Å². The molecule has 1 aliphatic rings. The van der Waals surface area contributed by atoms with Gasteiger partial charge in [-0.25, -0.2) is 9.89 Å². The second-order valence-corrected chi connectivity index (χ2v) is 8.60. The maximum absolute atomic E-state index is 13.0. The molecular weight excluding hydrogens is 386 g/mol. The Morgan fingerprint density at radius 3 is 2.57 bits per heavy atom. The van der Waals surface area contributed by atoms with Gasteiger partial charge in [-0.2, -0.15) is 4.57 Å². The third-order valence-corrected chi connectivity index (χ3v) is 4.81. The Hall–Kier alpha value is -3.10. The number of hydrogen-bond acceptors (Lipinski definition) is 4. The maximum atomic E-state index is 13.0. The standard InChI is InChI=1S/C21H29N5O4/c1-11(2)10-25-19-14(8-13(5)17(27)23-12(3)4)9-22-26(19)21(30)16(20(25)29)18(28)24-15-6-7-15/h8-9,11-12,15H,6-7,10H2,1-5H3,(H3,23,24,27,28,29,30)/p+1/b13-8+. The van der Waals surface area contributed by atoms with Crippen LogP contribution in [-0.4, -0.2) is 38.6 Å². The molecule has 0 radical (unpaired) electrons. The van der Waals surface area contributed by atoms with Gasteiger partial charge in [0.2, 0.25) is 11.5 Å².